The molecule has 2 N–H and O–H groups in total. The standard InChI is InChI=1S/C18H17N5OS/c19-8-18(6-5-12-11(7-18)16(24)23-22-12)15-14-10-3-1-2-4-13(10)25-17(14)21-9-20-15/h9H,1-7H2,(H2,22,23,24). The molecule has 1 atom stereocenters. The van der Waals surface area contributed by atoms with Crippen molar-refractivity contribution >= 4 is 21.6 Å². The first-order chi connectivity index (χ1) is 12.2. The molecule has 5 rings (SSSR count). The monoisotopic (exact) mass is 351 g/mol. The normalized spacial score (nSPS) is 22.4. The van der Waals surface area contributed by atoms with E-state index in [-0.39, 0.29) is 5.56 Å². The molecule has 2 aliphatic rings. The molecule has 3 aromatic rings. The van der Waals surface area contributed by atoms with Crippen molar-refractivity contribution in [3.05, 3.63) is 44.1 Å². The van der Waals surface area contributed by atoms with Crippen LogP contribution in [0.25, 0.3) is 10.2 Å². The van der Waals surface area contributed by atoms with E-state index in [9.17, 15) is 10.1 Å². The van der Waals surface area contributed by atoms with Gasteiger partial charge in [0.15, 0.2) is 0 Å². The average Bonchev–Trinajstić information content (AvgIpc) is 3.21. The van der Waals surface area contributed by atoms with Crippen molar-refractivity contribution < 1.29 is 0 Å². The van der Waals surface area contributed by atoms with Gasteiger partial charge in [0.05, 0.1) is 11.8 Å². The van der Waals surface area contributed by atoms with Gasteiger partial charge in [-0.05, 0) is 44.1 Å². The van der Waals surface area contributed by atoms with Crippen molar-refractivity contribution in [2.75, 3.05) is 0 Å². The van der Waals surface area contributed by atoms with Gasteiger partial charge in [-0.25, -0.2) is 9.97 Å². The average molecular weight is 351 g/mol. The molecule has 25 heavy (non-hydrogen) atoms. The molecule has 0 spiro atoms. The number of hydrogen-bond donors (Lipinski definition) is 2. The van der Waals surface area contributed by atoms with Gasteiger partial charge >= 0.3 is 0 Å². The molecule has 3 heterocycles. The number of rotatable bonds is 1. The van der Waals surface area contributed by atoms with Gasteiger partial charge in [0.25, 0.3) is 5.56 Å². The Hall–Kier alpha value is -2.46. The highest BCUT2D eigenvalue weighted by atomic mass is 32.1. The van der Waals surface area contributed by atoms with E-state index in [0.29, 0.717) is 24.8 Å². The number of nitriles is 1. The Morgan fingerprint density at radius 2 is 2.04 bits per heavy atom. The van der Waals surface area contributed by atoms with Crippen LogP contribution in [-0.4, -0.2) is 20.2 Å². The van der Waals surface area contributed by atoms with Gasteiger partial charge in [-0.2, -0.15) is 5.26 Å². The summed E-state index contributed by atoms with van der Waals surface area (Å²) in [6.07, 6.45) is 7.86. The number of nitrogens with one attached hydrogen (secondary N) is 2. The topological polar surface area (TPSA) is 98.2 Å². The summed E-state index contributed by atoms with van der Waals surface area (Å²) in [6.45, 7) is 0. The van der Waals surface area contributed by atoms with E-state index in [1.165, 1.54) is 23.3 Å². The third-order valence-electron chi connectivity index (χ3n) is 5.66. The summed E-state index contributed by atoms with van der Waals surface area (Å²) in [7, 11) is 0. The highest BCUT2D eigenvalue weighted by molar-refractivity contribution is 7.18. The first kappa shape index (κ1) is 14.8. The van der Waals surface area contributed by atoms with Gasteiger partial charge in [0, 0.05) is 27.9 Å². The van der Waals surface area contributed by atoms with Gasteiger partial charge < -0.3 is 5.10 Å². The minimum absolute atomic E-state index is 0.119. The number of fused-ring (bicyclic) bond motifs is 4. The lowest BCUT2D eigenvalue weighted by Gasteiger charge is -2.30. The maximum Gasteiger partial charge on any atom is 0.267 e. The van der Waals surface area contributed by atoms with E-state index in [2.05, 4.69) is 26.2 Å². The quantitative estimate of drug-likeness (QED) is 0.704. The van der Waals surface area contributed by atoms with Crippen molar-refractivity contribution in [1.82, 2.24) is 20.2 Å². The lowest BCUT2D eigenvalue weighted by molar-refractivity contribution is 0.459. The molecule has 0 bridgehead atoms. The van der Waals surface area contributed by atoms with Crippen molar-refractivity contribution in [1.29, 1.82) is 5.26 Å². The molecule has 0 amide bonds. The van der Waals surface area contributed by atoms with Gasteiger partial charge in [-0.1, -0.05) is 0 Å². The predicted octanol–water partition coefficient (Wildman–Crippen LogP) is 2.54. The zero-order chi connectivity index (χ0) is 17.0. The Labute approximate surface area is 147 Å². The minimum atomic E-state index is -0.754. The minimum Gasteiger partial charge on any atom is -0.302 e. The van der Waals surface area contributed by atoms with Gasteiger partial charge in [-0.3, -0.25) is 9.89 Å². The molecule has 0 fully saturated rings. The molecule has 0 radical (unpaired) electrons. The maximum atomic E-state index is 12.1. The van der Waals surface area contributed by atoms with Crippen LogP contribution in [0.4, 0.5) is 0 Å². The van der Waals surface area contributed by atoms with Crippen molar-refractivity contribution in [2.24, 2.45) is 0 Å². The largest absolute Gasteiger partial charge is 0.302 e. The summed E-state index contributed by atoms with van der Waals surface area (Å²) >= 11 is 1.74. The molecule has 0 saturated heterocycles. The molecule has 3 aromatic heterocycles. The Morgan fingerprint density at radius 1 is 1.16 bits per heavy atom. The summed E-state index contributed by atoms with van der Waals surface area (Å²) in [4.78, 5) is 23.6. The number of H-pyrrole nitrogens is 2. The van der Waals surface area contributed by atoms with Crippen LogP contribution in [0.5, 0.6) is 0 Å². The van der Waals surface area contributed by atoms with Crippen LogP contribution in [0.1, 0.15) is 46.7 Å². The number of hydrogen-bond acceptors (Lipinski definition) is 5. The maximum absolute atomic E-state index is 12.1. The number of aromatic amines is 2. The molecule has 0 saturated carbocycles. The smallest absolute Gasteiger partial charge is 0.267 e. The van der Waals surface area contributed by atoms with Crippen LogP contribution in [0.15, 0.2) is 11.1 Å². The second kappa shape index (κ2) is 5.27. The fraction of sp³-hybridized carbons (Fsp3) is 0.444. The van der Waals surface area contributed by atoms with Crippen LogP contribution >= 0.6 is 11.3 Å². The lowest BCUT2D eigenvalue weighted by Crippen LogP contribution is -2.35. The van der Waals surface area contributed by atoms with Crippen LogP contribution in [0.3, 0.4) is 0 Å². The summed E-state index contributed by atoms with van der Waals surface area (Å²) in [5, 5.41) is 16.8. The van der Waals surface area contributed by atoms with Crippen molar-refractivity contribution in [3.8, 4) is 6.07 Å². The van der Waals surface area contributed by atoms with Crippen LogP contribution < -0.4 is 5.56 Å². The van der Waals surface area contributed by atoms with E-state index in [1.807, 2.05) is 0 Å². The molecule has 7 heteroatoms. The van der Waals surface area contributed by atoms with Gasteiger partial charge in [-0.15, -0.1) is 11.3 Å². The Bertz CT molecular complexity index is 1090. The second-order valence-electron chi connectivity index (χ2n) is 7.02. The Balaban J connectivity index is 1.75. The summed E-state index contributed by atoms with van der Waals surface area (Å²) in [6, 6.07) is 2.53. The van der Waals surface area contributed by atoms with Crippen LogP contribution in [-0.2, 0) is 31.1 Å². The summed E-state index contributed by atoms with van der Waals surface area (Å²) in [5.41, 5.74) is 2.91. The first-order valence-electron chi connectivity index (χ1n) is 8.67. The van der Waals surface area contributed by atoms with E-state index in [0.717, 1.165) is 34.4 Å². The summed E-state index contributed by atoms with van der Waals surface area (Å²) in [5.74, 6) is 0. The lowest BCUT2D eigenvalue weighted by atomic mass is 9.71. The number of aromatic nitrogens is 4. The molecular weight excluding hydrogens is 334 g/mol. The second-order valence-corrected chi connectivity index (χ2v) is 8.10. The molecule has 1 unspecified atom stereocenters. The van der Waals surface area contributed by atoms with E-state index >= 15 is 0 Å². The SMILES string of the molecule is N#CC1(c2ncnc3sc4c(c23)CCCC4)CCc2[nH][nH]c(=O)c2C1. The number of thiophene rings is 1. The summed E-state index contributed by atoms with van der Waals surface area (Å²) < 4.78 is 0. The van der Waals surface area contributed by atoms with E-state index in [4.69, 9.17) is 0 Å². The predicted molar refractivity (Wildman–Crippen MR) is 94.8 cm³/mol. The molecule has 2 aliphatic carbocycles. The molecular formula is C18H17N5OS. The molecule has 6 nitrogen and oxygen atoms in total. The third kappa shape index (κ3) is 2.04. The van der Waals surface area contributed by atoms with Gasteiger partial charge in [0.1, 0.15) is 16.6 Å². The molecule has 0 aliphatic heterocycles. The first-order valence-corrected chi connectivity index (χ1v) is 9.49. The van der Waals surface area contributed by atoms with Crippen LogP contribution in [0.2, 0.25) is 0 Å². The van der Waals surface area contributed by atoms with E-state index in [1.54, 1.807) is 17.7 Å². The fourth-order valence-corrected chi connectivity index (χ4v) is 5.58. The molecule has 126 valence electrons. The third-order valence-corrected chi connectivity index (χ3v) is 6.86. The van der Waals surface area contributed by atoms with E-state index < -0.39 is 5.41 Å². The van der Waals surface area contributed by atoms with Gasteiger partial charge in [0.2, 0.25) is 0 Å². The Morgan fingerprint density at radius 3 is 2.92 bits per heavy atom. The number of aryl methyl sites for hydroxylation is 3. The van der Waals surface area contributed by atoms with Crippen molar-refractivity contribution in [3.63, 3.8) is 0 Å². The zero-order valence-electron chi connectivity index (χ0n) is 13.7. The highest BCUT2D eigenvalue weighted by Crippen LogP contribution is 2.43. The zero-order valence-corrected chi connectivity index (χ0v) is 14.5. The number of nitrogens with zero attached hydrogens (tertiary/aromatic N) is 3. The van der Waals surface area contributed by atoms with Crippen LogP contribution in [0, 0.1) is 11.3 Å². The molecule has 0 aromatic carbocycles. The van der Waals surface area contributed by atoms with Crippen molar-refractivity contribution in [2.45, 2.75) is 50.4 Å². The fourth-order valence-electron chi connectivity index (χ4n) is 4.35. The highest BCUT2D eigenvalue weighted by Gasteiger charge is 2.42. The Kier molecular flexibility index (Phi) is 3.13.